The lowest BCUT2D eigenvalue weighted by atomic mass is 10.00. The van der Waals surface area contributed by atoms with Crippen LogP contribution >= 0.6 is 0 Å². The van der Waals surface area contributed by atoms with Gasteiger partial charge in [0.15, 0.2) is 0 Å². The van der Waals surface area contributed by atoms with Gasteiger partial charge in [0.2, 0.25) is 0 Å². The Morgan fingerprint density at radius 2 is 1.52 bits per heavy atom. The Hall–Kier alpha value is -2.75. The summed E-state index contributed by atoms with van der Waals surface area (Å²) in [7, 11) is 3.19. The third-order valence-electron chi connectivity index (χ3n) is 3.12. The molecule has 0 bridgehead atoms. The normalized spacial score (nSPS) is 11.5. The van der Waals surface area contributed by atoms with Crippen LogP contribution in [0.2, 0.25) is 0 Å². The minimum absolute atomic E-state index is 0.0409. The van der Waals surface area contributed by atoms with E-state index in [0.717, 1.165) is 16.9 Å². The number of rotatable bonds is 5. The number of benzene rings is 2. The molecule has 0 spiro atoms. The summed E-state index contributed by atoms with van der Waals surface area (Å²) in [6, 6.07) is 17.0. The highest BCUT2D eigenvalue weighted by atomic mass is 16.5. The van der Waals surface area contributed by atoms with Crippen LogP contribution in [0.5, 0.6) is 5.75 Å². The zero-order chi connectivity index (χ0) is 15.2. The van der Waals surface area contributed by atoms with E-state index >= 15 is 0 Å². The zero-order valence-corrected chi connectivity index (χ0v) is 12.1. The van der Waals surface area contributed by atoms with E-state index in [0.29, 0.717) is 11.3 Å². The van der Waals surface area contributed by atoms with Crippen molar-refractivity contribution in [1.82, 2.24) is 0 Å². The van der Waals surface area contributed by atoms with Gasteiger partial charge in [-0.1, -0.05) is 42.5 Å². The van der Waals surface area contributed by atoms with Crippen molar-refractivity contribution < 1.29 is 9.47 Å². The summed E-state index contributed by atoms with van der Waals surface area (Å²) >= 11 is 0. The van der Waals surface area contributed by atoms with Gasteiger partial charge in [0.25, 0.3) is 0 Å². The van der Waals surface area contributed by atoms with Gasteiger partial charge in [-0.15, -0.1) is 0 Å². The molecular formula is C17H18N2O2. The molecule has 0 saturated carbocycles. The highest BCUT2D eigenvalue weighted by molar-refractivity contribution is 6.26. The smallest absolute Gasteiger partial charge is 0.137 e. The standard InChI is InChI=1S/C17H18N2O2/c1-20-14-10-8-12(9-11-14)15(17(18)19)16(21-2)13-6-4-3-5-7-13/h3-11H,1-2H3,(H3,18,19)/b16-15+. The van der Waals surface area contributed by atoms with Crippen molar-refractivity contribution in [3.63, 3.8) is 0 Å². The average Bonchev–Trinajstić information content (AvgIpc) is 2.53. The maximum Gasteiger partial charge on any atom is 0.137 e. The van der Waals surface area contributed by atoms with E-state index in [4.69, 9.17) is 20.6 Å². The van der Waals surface area contributed by atoms with E-state index in [1.54, 1.807) is 14.2 Å². The van der Waals surface area contributed by atoms with E-state index in [2.05, 4.69) is 0 Å². The highest BCUT2D eigenvalue weighted by Gasteiger charge is 2.15. The largest absolute Gasteiger partial charge is 0.497 e. The number of hydrogen-bond donors (Lipinski definition) is 2. The first kappa shape index (κ1) is 14.7. The van der Waals surface area contributed by atoms with Crippen molar-refractivity contribution in [3.05, 3.63) is 65.7 Å². The molecule has 3 N–H and O–H groups in total. The SMILES string of the molecule is CO/C(=C(/C(=N)N)c1ccc(OC)cc1)c1ccccc1. The predicted molar refractivity (Wildman–Crippen MR) is 85.2 cm³/mol. The van der Waals surface area contributed by atoms with Crippen LogP contribution in [0.1, 0.15) is 11.1 Å². The molecule has 21 heavy (non-hydrogen) atoms. The summed E-state index contributed by atoms with van der Waals surface area (Å²) < 4.78 is 10.6. The van der Waals surface area contributed by atoms with Crippen LogP contribution < -0.4 is 10.5 Å². The Balaban J connectivity index is 2.59. The quantitative estimate of drug-likeness (QED) is 0.383. The first-order valence-corrected chi connectivity index (χ1v) is 6.50. The Morgan fingerprint density at radius 1 is 0.905 bits per heavy atom. The fourth-order valence-corrected chi connectivity index (χ4v) is 2.12. The summed E-state index contributed by atoms with van der Waals surface area (Å²) in [5, 5.41) is 7.88. The zero-order valence-electron chi connectivity index (χ0n) is 12.1. The van der Waals surface area contributed by atoms with Crippen LogP contribution in [-0.2, 0) is 4.74 Å². The van der Waals surface area contributed by atoms with Gasteiger partial charge in [-0.2, -0.15) is 0 Å². The lowest BCUT2D eigenvalue weighted by Gasteiger charge is -2.14. The fraction of sp³-hybridized carbons (Fsp3) is 0.118. The first-order chi connectivity index (χ1) is 10.2. The van der Waals surface area contributed by atoms with Gasteiger partial charge in [-0.3, -0.25) is 5.41 Å². The summed E-state index contributed by atoms with van der Waals surface area (Å²) in [4.78, 5) is 0. The van der Waals surface area contributed by atoms with Gasteiger partial charge in [0.05, 0.1) is 19.8 Å². The fourth-order valence-electron chi connectivity index (χ4n) is 2.12. The molecule has 2 aromatic carbocycles. The maximum absolute atomic E-state index is 7.88. The van der Waals surface area contributed by atoms with E-state index in [-0.39, 0.29) is 5.84 Å². The van der Waals surface area contributed by atoms with Gasteiger partial charge >= 0.3 is 0 Å². The third kappa shape index (κ3) is 3.23. The van der Waals surface area contributed by atoms with Crippen molar-refractivity contribution in [2.45, 2.75) is 0 Å². The van der Waals surface area contributed by atoms with Gasteiger partial charge < -0.3 is 15.2 Å². The number of methoxy groups -OCH3 is 2. The molecular weight excluding hydrogens is 264 g/mol. The molecule has 0 aromatic heterocycles. The number of amidine groups is 1. The Morgan fingerprint density at radius 3 is 2.00 bits per heavy atom. The second-order valence-corrected chi connectivity index (χ2v) is 4.42. The summed E-state index contributed by atoms with van der Waals surface area (Å²) in [5.74, 6) is 1.29. The molecule has 0 aliphatic carbocycles. The molecule has 0 aliphatic rings. The summed E-state index contributed by atoms with van der Waals surface area (Å²) in [5.41, 5.74) is 8.01. The minimum Gasteiger partial charge on any atom is -0.497 e. The first-order valence-electron chi connectivity index (χ1n) is 6.50. The molecule has 0 radical (unpaired) electrons. The van der Waals surface area contributed by atoms with Crippen molar-refractivity contribution in [1.29, 1.82) is 5.41 Å². The molecule has 108 valence electrons. The molecule has 0 fully saturated rings. The molecule has 4 nitrogen and oxygen atoms in total. The van der Waals surface area contributed by atoms with Gasteiger partial charge in [-0.05, 0) is 17.7 Å². The lowest BCUT2D eigenvalue weighted by molar-refractivity contribution is 0.372. The van der Waals surface area contributed by atoms with E-state index < -0.39 is 0 Å². The Kier molecular flexibility index (Phi) is 4.61. The van der Waals surface area contributed by atoms with Crippen molar-refractivity contribution in [2.24, 2.45) is 5.73 Å². The molecule has 2 aromatic rings. The second kappa shape index (κ2) is 6.61. The van der Waals surface area contributed by atoms with E-state index in [1.807, 2.05) is 54.6 Å². The Bertz CT molecular complexity index is 646. The van der Waals surface area contributed by atoms with Crippen LogP contribution in [-0.4, -0.2) is 20.1 Å². The molecule has 0 amide bonds. The molecule has 0 unspecified atom stereocenters. The number of nitrogens with two attached hydrogens (primary N) is 1. The van der Waals surface area contributed by atoms with Crippen molar-refractivity contribution >= 4 is 17.2 Å². The topological polar surface area (TPSA) is 68.3 Å². The van der Waals surface area contributed by atoms with Crippen molar-refractivity contribution in [3.8, 4) is 5.75 Å². The van der Waals surface area contributed by atoms with Gasteiger partial charge in [0.1, 0.15) is 17.3 Å². The average molecular weight is 282 g/mol. The number of hydrogen-bond acceptors (Lipinski definition) is 3. The van der Waals surface area contributed by atoms with Crippen molar-refractivity contribution in [2.75, 3.05) is 14.2 Å². The molecule has 4 heteroatoms. The van der Waals surface area contributed by atoms with Crippen LogP contribution in [0, 0.1) is 5.41 Å². The molecule has 0 aliphatic heterocycles. The molecule has 0 heterocycles. The lowest BCUT2D eigenvalue weighted by Crippen LogP contribution is -2.14. The predicted octanol–water partition coefficient (Wildman–Crippen LogP) is 3.15. The summed E-state index contributed by atoms with van der Waals surface area (Å²) in [6.07, 6.45) is 0. The third-order valence-corrected chi connectivity index (χ3v) is 3.12. The van der Waals surface area contributed by atoms with Crippen LogP contribution in [0.4, 0.5) is 0 Å². The van der Waals surface area contributed by atoms with Crippen LogP contribution in [0.15, 0.2) is 54.6 Å². The minimum atomic E-state index is -0.0409. The highest BCUT2D eigenvalue weighted by Crippen LogP contribution is 2.28. The molecule has 0 saturated heterocycles. The van der Waals surface area contributed by atoms with E-state index in [9.17, 15) is 0 Å². The number of nitrogens with one attached hydrogen (secondary N) is 1. The molecule has 2 rings (SSSR count). The van der Waals surface area contributed by atoms with E-state index in [1.165, 1.54) is 0 Å². The van der Waals surface area contributed by atoms with Crippen LogP contribution in [0.3, 0.4) is 0 Å². The number of ether oxygens (including phenoxy) is 2. The molecule has 0 atom stereocenters. The summed E-state index contributed by atoms with van der Waals surface area (Å²) in [6.45, 7) is 0. The maximum atomic E-state index is 7.88. The Labute approximate surface area is 124 Å². The monoisotopic (exact) mass is 282 g/mol. The van der Waals surface area contributed by atoms with Gasteiger partial charge in [0, 0.05) is 5.56 Å². The van der Waals surface area contributed by atoms with Gasteiger partial charge in [-0.25, -0.2) is 0 Å². The van der Waals surface area contributed by atoms with Crippen LogP contribution in [0.25, 0.3) is 11.3 Å². The second-order valence-electron chi connectivity index (χ2n) is 4.42.